The molecule has 1 aliphatic rings. The van der Waals surface area contributed by atoms with Crippen molar-refractivity contribution >= 4 is 11.7 Å². The highest BCUT2D eigenvalue weighted by Gasteiger charge is 2.22. The summed E-state index contributed by atoms with van der Waals surface area (Å²) in [6.45, 7) is 0. The molecule has 2 aromatic rings. The van der Waals surface area contributed by atoms with Gasteiger partial charge in [0.2, 0.25) is 5.91 Å². The average Bonchev–Trinajstić information content (AvgIpc) is 2.48. The molecule has 1 N–H and O–H groups in total. The van der Waals surface area contributed by atoms with Gasteiger partial charge in [0.15, 0.2) is 0 Å². The molecule has 19 heavy (non-hydrogen) atoms. The van der Waals surface area contributed by atoms with E-state index < -0.39 is 0 Å². The van der Waals surface area contributed by atoms with Gasteiger partial charge >= 0.3 is 0 Å². The largest absolute Gasteiger partial charge is 0.362 e. The summed E-state index contributed by atoms with van der Waals surface area (Å²) in [5.41, 5.74) is 2.05. The van der Waals surface area contributed by atoms with Gasteiger partial charge < -0.3 is 5.32 Å². The van der Waals surface area contributed by atoms with Gasteiger partial charge in [0.05, 0.1) is 12.5 Å². The molecule has 1 aliphatic heterocycles. The SMILES string of the molecule is O=C1CC(c2ccccc2)NC(c2ccccc2)=N1. The topological polar surface area (TPSA) is 41.5 Å². The summed E-state index contributed by atoms with van der Waals surface area (Å²) < 4.78 is 0. The second-order valence-electron chi connectivity index (χ2n) is 4.53. The summed E-state index contributed by atoms with van der Waals surface area (Å²) in [6.07, 6.45) is 0.403. The van der Waals surface area contributed by atoms with E-state index in [0.29, 0.717) is 12.3 Å². The molecule has 0 radical (unpaired) electrons. The van der Waals surface area contributed by atoms with Gasteiger partial charge in [-0.2, -0.15) is 4.99 Å². The van der Waals surface area contributed by atoms with Crippen molar-refractivity contribution in [3.63, 3.8) is 0 Å². The van der Waals surface area contributed by atoms with E-state index in [4.69, 9.17) is 0 Å². The number of benzene rings is 2. The third kappa shape index (κ3) is 2.55. The van der Waals surface area contributed by atoms with Gasteiger partial charge in [0.25, 0.3) is 0 Å². The van der Waals surface area contributed by atoms with Gasteiger partial charge in [-0.05, 0) is 5.56 Å². The molecule has 0 bridgehead atoms. The van der Waals surface area contributed by atoms with Crippen LogP contribution in [0.4, 0.5) is 0 Å². The molecule has 3 nitrogen and oxygen atoms in total. The van der Waals surface area contributed by atoms with Crippen LogP contribution in [0.15, 0.2) is 65.7 Å². The molecule has 1 heterocycles. The molecule has 0 fully saturated rings. The summed E-state index contributed by atoms with van der Waals surface area (Å²) in [5, 5.41) is 3.35. The van der Waals surface area contributed by atoms with Crippen molar-refractivity contribution in [2.24, 2.45) is 4.99 Å². The van der Waals surface area contributed by atoms with Crippen LogP contribution in [0.5, 0.6) is 0 Å². The van der Waals surface area contributed by atoms with Crippen molar-refractivity contribution in [3.8, 4) is 0 Å². The Balaban J connectivity index is 1.90. The minimum Gasteiger partial charge on any atom is -0.362 e. The maximum Gasteiger partial charge on any atom is 0.250 e. The summed E-state index contributed by atoms with van der Waals surface area (Å²) in [4.78, 5) is 15.9. The number of amides is 1. The fraction of sp³-hybridized carbons (Fsp3) is 0.125. The Morgan fingerprint density at radius 3 is 2.26 bits per heavy atom. The van der Waals surface area contributed by atoms with Crippen molar-refractivity contribution in [2.45, 2.75) is 12.5 Å². The van der Waals surface area contributed by atoms with Crippen molar-refractivity contribution in [1.82, 2.24) is 5.32 Å². The third-order valence-corrected chi connectivity index (χ3v) is 3.18. The standard InChI is InChI=1S/C16H14N2O/c19-15-11-14(12-7-3-1-4-8-12)17-16(18-15)13-9-5-2-6-10-13/h1-10,14H,11H2,(H,17,18,19). The van der Waals surface area contributed by atoms with E-state index >= 15 is 0 Å². The maximum atomic E-state index is 11.8. The predicted octanol–water partition coefficient (Wildman–Crippen LogP) is 2.69. The predicted molar refractivity (Wildman–Crippen MR) is 74.9 cm³/mol. The second-order valence-corrected chi connectivity index (χ2v) is 4.53. The van der Waals surface area contributed by atoms with Gasteiger partial charge in [-0.25, -0.2) is 0 Å². The molecule has 0 saturated carbocycles. The van der Waals surface area contributed by atoms with Crippen LogP contribution in [0.1, 0.15) is 23.6 Å². The van der Waals surface area contributed by atoms with E-state index in [1.165, 1.54) is 0 Å². The highest BCUT2D eigenvalue weighted by atomic mass is 16.1. The summed E-state index contributed by atoms with van der Waals surface area (Å²) in [6, 6.07) is 19.7. The van der Waals surface area contributed by atoms with Gasteiger partial charge in [0, 0.05) is 5.56 Å². The number of nitrogens with zero attached hydrogens (tertiary/aromatic N) is 1. The minimum atomic E-state index is -0.0774. The first-order valence-electron chi connectivity index (χ1n) is 6.31. The Labute approximate surface area is 112 Å². The Bertz CT molecular complexity index is 605. The van der Waals surface area contributed by atoms with E-state index in [-0.39, 0.29) is 11.9 Å². The molecule has 0 aliphatic carbocycles. The molecule has 1 amide bonds. The zero-order valence-electron chi connectivity index (χ0n) is 10.4. The number of hydrogen-bond donors (Lipinski definition) is 1. The lowest BCUT2D eigenvalue weighted by Crippen LogP contribution is -2.35. The Morgan fingerprint density at radius 2 is 1.58 bits per heavy atom. The number of aliphatic imine (C=N–C) groups is 1. The molecule has 1 unspecified atom stereocenters. The van der Waals surface area contributed by atoms with Crippen molar-refractivity contribution in [3.05, 3.63) is 71.8 Å². The summed E-state index contributed by atoms with van der Waals surface area (Å²) >= 11 is 0. The van der Waals surface area contributed by atoms with Crippen LogP contribution >= 0.6 is 0 Å². The number of nitrogens with one attached hydrogen (secondary N) is 1. The normalized spacial score (nSPS) is 18.6. The monoisotopic (exact) mass is 250 g/mol. The molecule has 0 spiro atoms. The van der Waals surface area contributed by atoms with Crippen LogP contribution in [-0.2, 0) is 4.79 Å². The molecule has 0 aromatic heterocycles. The average molecular weight is 250 g/mol. The lowest BCUT2D eigenvalue weighted by Gasteiger charge is -2.24. The fourth-order valence-corrected chi connectivity index (χ4v) is 2.22. The first-order chi connectivity index (χ1) is 9.33. The second kappa shape index (κ2) is 5.06. The van der Waals surface area contributed by atoms with Crippen LogP contribution < -0.4 is 5.32 Å². The number of hydrogen-bond acceptors (Lipinski definition) is 2. The van der Waals surface area contributed by atoms with Crippen LogP contribution in [0.2, 0.25) is 0 Å². The van der Waals surface area contributed by atoms with Gasteiger partial charge in [0.1, 0.15) is 5.84 Å². The number of carbonyl (C=O) groups is 1. The van der Waals surface area contributed by atoms with E-state index in [0.717, 1.165) is 11.1 Å². The van der Waals surface area contributed by atoms with E-state index in [1.54, 1.807) is 0 Å². The highest BCUT2D eigenvalue weighted by Crippen LogP contribution is 2.21. The van der Waals surface area contributed by atoms with Crippen LogP contribution in [0.25, 0.3) is 0 Å². The molecular formula is C16H14N2O. The Hall–Kier alpha value is -2.42. The lowest BCUT2D eigenvalue weighted by atomic mass is 10.0. The summed E-state index contributed by atoms with van der Waals surface area (Å²) in [5.74, 6) is 0.581. The van der Waals surface area contributed by atoms with Gasteiger partial charge in [-0.3, -0.25) is 4.79 Å². The minimum absolute atomic E-state index is 0.00130. The molecular weight excluding hydrogens is 236 g/mol. The molecule has 3 heteroatoms. The summed E-state index contributed by atoms with van der Waals surface area (Å²) in [7, 11) is 0. The Kier molecular flexibility index (Phi) is 3.11. The molecule has 2 aromatic carbocycles. The zero-order chi connectivity index (χ0) is 13.1. The van der Waals surface area contributed by atoms with E-state index in [2.05, 4.69) is 10.3 Å². The number of carbonyl (C=O) groups excluding carboxylic acids is 1. The van der Waals surface area contributed by atoms with Crippen molar-refractivity contribution in [1.29, 1.82) is 0 Å². The molecule has 94 valence electrons. The quantitative estimate of drug-likeness (QED) is 0.890. The molecule has 1 atom stereocenters. The van der Waals surface area contributed by atoms with Crippen LogP contribution in [0, 0.1) is 0 Å². The number of rotatable bonds is 2. The van der Waals surface area contributed by atoms with Gasteiger partial charge in [-0.15, -0.1) is 0 Å². The van der Waals surface area contributed by atoms with Gasteiger partial charge in [-0.1, -0.05) is 60.7 Å². The smallest absolute Gasteiger partial charge is 0.250 e. The maximum absolute atomic E-state index is 11.8. The third-order valence-electron chi connectivity index (χ3n) is 3.18. The first kappa shape index (κ1) is 11.7. The van der Waals surface area contributed by atoms with E-state index in [9.17, 15) is 4.79 Å². The number of amidine groups is 1. The fourth-order valence-electron chi connectivity index (χ4n) is 2.22. The first-order valence-corrected chi connectivity index (χ1v) is 6.31. The highest BCUT2D eigenvalue weighted by molar-refractivity contribution is 6.07. The van der Waals surface area contributed by atoms with E-state index in [1.807, 2.05) is 60.7 Å². The Morgan fingerprint density at radius 1 is 0.947 bits per heavy atom. The van der Waals surface area contributed by atoms with Crippen LogP contribution in [-0.4, -0.2) is 11.7 Å². The lowest BCUT2D eigenvalue weighted by molar-refractivity contribution is -0.118. The molecule has 0 saturated heterocycles. The zero-order valence-corrected chi connectivity index (χ0v) is 10.4. The van der Waals surface area contributed by atoms with Crippen LogP contribution in [0.3, 0.4) is 0 Å². The van der Waals surface area contributed by atoms with Crippen molar-refractivity contribution in [2.75, 3.05) is 0 Å². The molecule has 3 rings (SSSR count). The van der Waals surface area contributed by atoms with Crippen molar-refractivity contribution < 1.29 is 4.79 Å².